The maximum atomic E-state index is 10.9. The first kappa shape index (κ1) is 14.9. The van der Waals surface area contributed by atoms with Gasteiger partial charge in [0.15, 0.2) is 0 Å². The van der Waals surface area contributed by atoms with E-state index in [-0.39, 0.29) is 11.3 Å². The molecule has 0 aliphatic heterocycles. The van der Waals surface area contributed by atoms with Crippen molar-refractivity contribution in [2.45, 2.75) is 6.92 Å². The van der Waals surface area contributed by atoms with Crippen LogP contribution in [0, 0.1) is 6.92 Å². The number of benzene rings is 2. The molecule has 21 heavy (non-hydrogen) atoms. The Morgan fingerprint density at radius 3 is 2.81 bits per heavy atom. The molecule has 0 saturated carbocycles. The number of carboxylic acids is 1. The molecule has 0 aliphatic carbocycles. The van der Waals surface area contributed by atoms with Crippen LogP contribution < -0.4 is 5.43 Å². The van der Waals surface area contributed by atoms with Crippen LogP contribution in [0.5, 0.6) is 5.75 Å². The molecule has 108 valence electrons. The van der Waals surface area contributed by atoms with Crippen LogP contribution in [0.4, 0.5) is 5.69 Å². The topological polar surface area (TPSA) is 81.9 Å². The van der Waals surface area contributed by atoms with Crippen molar-refractivity contribution in [2.24, 2.45) is 5.10 Å². The second kappa shape index (κ2) is 6.28. The smallest absolute Gasteiger partial charge is 0.335 e. The second-order valence-electron chi connectivity index (χ2n) is 4.36. The van der Waals surface area contributed by atoms with E-state index in [4.69, 9.17) is 16.7 Å². The lowest BCUT2D eigenvalue weighted by Crippen LogP contribution is -1.98. The summed E-state index contributed by atoms with van der Waals surface area (Å²) in [6.45, 7) is 1.85. The van der Waals surface area contributed by atoms with Gasteiger partial charge in [-0.15, -0.1) is 0 Å². The first-order valence-corrected chi connectivity index (χ1v) is 6.47. The number of carbonyl (C=O) groups is 1. The number of hydrazone groups is 1. The molecule has 0 aliphatic rings. The standard InChI is InChI=1S/C15H13ClN2O3/c1-9-12(16)3-2-4-13(9)18-17-8-11-7-10(15(20)21)5-6-14(11)19/h2-8,18-19H,1H3,(H,20,21)/b17-8+. The van der Waals surface area contributed by atoms with Crippen molar-refractivity contribution in [2.75, 3.05) is 5.43 Å². The van der Waals surface area contributed by atoms with E-state index in [0.29, 0.717) is 10.6 Å². The molecule has 0 saturated heterocycles. The van der Waals surface area contributed by atoms with Crippen LogP contribution in [0.1, 0.15) is 21.5 Å². The van der Waals surface area contributed by atoms with Gasteiger partial charge in [0.1, 0.15) is 5.75 Å². The summed E-state index contributed by atoms with van der Waals surface area (Å²) in [6.07, 6.45) is 1.35. The van der Waals surface area contributed by atoms with Crippen LogP contribution in [0.3, 0.4) is 0 Å². The summed E-state index contributed by atoms with van der Waals surface area (Å²) in [5.41, 5.74) is 4.77. The van der Waals surface area contributed by atoms with Gasteiger partial charge >= 0.3 is 5.97 Å². The van der Waals surface area contributed by atoms with Gasteiger partial charge in [-0.2, -0.15) is 5.10 Å². The fourth-order valence-corrected chi connectivity index (χ4v) is 1.87. The number of anilines is 1. The Balaban J connectivity index is 2.20. The van der Waals surface area contributed by atoms with Gasteiger partial charge in [-0.3, -0.25) is 5.43 Å². The van der Waals surface area contributed by atoms with Crippen molar-refractivity contribution in [3.8, 4) is 5.75 Å². The number of nitrogens with zero attached hydrogens (tertiary/aromatic N) is 1. The van der Waals surface area contributed by atoms with Gasteiger partial charge in [0.25, 0.3) is 0 Å². The molecule has 0 aromatic heterocycles. The SMILES string of the molecule is Cc1c(Cl)cccc1N/N=C/c1cc(C(=O)O)ccc1O. The predicted molar refractivity (Wildman–Crippen MR) is 82.5 cm³/mol. The number of hydrogen-bond donors (Lipinski definition) is 3. The minimum atomic E-state index is -1.07. The molecule has 5 nitrogen and oxygen atoms in total. The number of rotatable bonds is 4. The molecule has 3 N–H and O–H groups in total. The van der Waals surface area contributed by atoms with Crippen LogP contribution >= 0.6 is 11.6 Å². The van der Waals surface area contributed by atoms with E-state index in [1.807, 2.05) is 13.0 Å². The van der Waals surface area contributed by atoms with Crippen LogP contribution in [-0.4, -0.2) is 22.4 Å². The quantitative estimate of drug-likeness (QED) is 0.596. The van der Waals surface area contributed by atoms with Crippen LogP contribution in [0.15, 0.2) is 41.5 Å². The molecule has 0 fully saturated rings. The van der Waals surface area contributed by atoms with Gasteiger partial charge in [0, 0.05) is 10.6 Å². The fraction of sp³-hybridized carbons (Fsp3) is 0.0667. The normalized spacial score (nSPS) is 10.8. The third kappa shape index (κ3) is 3.52. The monoisotopic (exact) mass is 304 g/mol. The Labute approximate surface area is 126 Å². The Morgan fingerprint density at radius 1 is 1.33 bits per heavy atom. The molecule has 6 heteroatoms. The Kier molecular flexibility index (Phi) is 4.45. The molecule has 0 bridgehead atoms. The summed E-state index contributed by atoms with van der Waals surface area (Å²) in [7, 11) is 0. The summed E-state index contributed by atoms with van der Waals surface area (Å²) >= 11 is 5.99. The van der Waals surface area contributed by atoms with Crippen LogP contribution in [0.25, 0.3) is 0 Å². The Morgan fingerprint density at radius 2 is 2.10 bits per heavy atom. The highest BCUT2D eigenvalue weighted by atomic mass is 35.5. The molecular formula is C15H13ClN2O3. The number of phenols is 1. The molecule has 0 heterocycles. The summed E-state index contributed by atoms with van der Waals surface area (Å²) in [6, 6.07) is 9.35. The van der Waals surface area contributed by atoms with Crippen molar-refractivity contribution < 1.29 is 15.0 Å². The van der Waals surface area contributed by atoms with Gasteiger partial charge in [-0.1, -0.05) is 17.7 Å². The highest BCUT2D eigenvalue weighted by Gasteiger charge is 2.06. The van der Waals surface area contributed by atoms with E-state index >= 15 is 0 Å². The molecule has 2 aromatic carbocycles. The highest BCUT2D eigenvalue weighted by Crippen LogP contribution is 2.23. The van der Waals surface area contributed by atoms with Gasteiger partial charge < -0.3 is 10.2 Å². The Bertz CT molecular complexity index is 714. The summed E-state index contributed by atoms with van der Waals surface area (Å²) in [5, 5.41) is 23.2. The second-order valence-corrected chi connectivity index (χ2v) is 4.77. The molecule has 2 rings (SSSR count). The maximum Gasteiger partial charge on any atom is 0.335 e. The summed E-state index contributed by atoms with van der Waals surface area (Å²) in [5.74, 6) is -1.11. The van der Waals surface area contributed by atoms with Gasteiger partial charge in [-0.25, -0.2) is 4.79 Å². The van der Waals surface area contributed by atoms with E-state index in [1.54, 1.807) is 12.1 Å². The van der Waals surface area contributed by atoms with Crippen molar-refractivity contribution in [1.82, 2.24) is 0 Å². The molecule has 0 radical (unpaired) electrons. The van der Waals surface area contributed by atoms with E-state index < -0.39 is 5.97 Å². The zero-order valence-corrected chi connectivity index (χ0v) is 11.9. The first-order valence-electron chi connectivity index (χ1n) is 6.09. The number of aromatic carboxylic acids is 1. The Hall–Kier alpha value is -2.53. The van der Waals surface area contributed by atoms with Gasteiger partial charge in [-0.05, 0) is 42.8 Å². The van der Waals surface area contributed by atoms with Gasteiger partial charge in [0.05, 0.1) is 17.5 Å². The van der Waals surface area contributed by atoms with E-state index in [1.165, 1.54) is 24.4 Å². The highest BCUT2D eigenvalue weighted by molar-refractivity contribution is 6.31. The molecule has 2 aromatic rings. The van der Waals surface area contributed by atoms with Crippen molar-refractivity contribution in [3.63, 3.8) is 0 Å². The van der Waals surface area contributed by atoms with Crippen molar-refractivity contribution >= 4 is 29.5 Å². The molecule has 0 amide bonds. The maximum absolute atomic E-state index is 10.9. The van der Waals surface area contributed by atoms with E-state index in [9.17, 15) is 9.90 Å². The van der Waals surface area contributed by atoms with E-state index in [0.717, 1.165) is 11.3 Å². The lowest BCUT2D eigenvalue weighted by atomic mass is 10.1. The molecule has 0 spiro atoms. The molecular weight excluding hydrogens is 292 g/mol. The minimum absolute atomic E-state index is 0.0478. The average Bonchev–Trinajstić information content (AvgIpc) is 2.45. The van der Waals surface area contributed by atoms with Crippen LogP contribution in [0.2, 0.25) is 5.02 Å². The largest absolute Gasteiger partial charge is 0.507 e. The number of carboxylic acid groups (broad SMARTS) is 1. The third-order valence-electron chi connectivity index (χ3n) is 2.93. The first-order chi connectivity index (χ1) is 9.99. The summed E-state index contributed by atoms with van der Waals surface area (Å²) in [4.78, 5) is 10.9. The minimum Gasteiger partial charge on any atom is -0.507 e. The lowest BCUT2D eigenvalue weighted by molar-refractivity contribution is 0.0697. The molecule has 0 atom stereocenters. The number of phenolic OH excluding ortho intramolecular Hbond substituents is 1. The number of aromatic hydroxyl groups is 1. The van der Waals surface area contributed by atoms with Gasteiger partial charge in [0.2, 0.25) is 0 Å². The third-order valence-corrected chi connectivity index (χ3v) is 3.34. The zero-order valence-electron chi connectivity index (χ0n) is 11.2. The average molecular weight is 305 g/mol. The number of halogens is 1. The number of hydrogen-bond acceptors (Lipinski definition) is 4. The summed E-state index contributed by atoms with van der Waals surface area (Å²) < 4.78 is 0. The lowest BCUT2D eigenvalue weighted by Gasteiger charge is -2.06. The zero-order chi connectivity index (χ0) is 15.4. The van der Waals surface area contributed by atoms with Crippen molar-refractivity contribution in [3.05, 3.63) is 58.1 Å². The van der Waals surface area contributed by atoms with Crippen molar-refractivity contribution in [1.29, 1.82) is 0 Å². The van der Waals surface area contributed by atoms with E-state index in [2.05, 4.69) is 10.5 Å². The van der Waals surface area contributed by atoms with Crippen LogP contribution in [-0.2, 0) is 0 Å². The molecule has 0 unspecified atom stereocenters. The predicted octanol–water partition coefficient (Wildman–Crippen LogP) is 3.50. The number of nitrogens with one attached hydrogen (secondary N) is 1. The fourth-order valence-electron chi connectivity index (χ4n) is 1.69.